The number of ether oxygens (including phenoxy) is 1. The molecule has 2 aromatic rings. The van der Waals surface area contributed by atoms with Gasteiger partial charge in [-0.25, -0.2) is 4.79 Å². The Morgan fingerprint density at radius 2 is 1.90 bits per heavy atom. The summed E-state index contributed by atoms with van der Waals surface area (Å²) in [5.41, 5.74) is 0.602. The molecule has 0 spiro atoms. The molecule has 3 rings (SSSR count). The van der Waals surface area contributed by atoms with Gasteiger partial charge < -0.3 is 9.84 Å². The van der Waals surface area contributed by atoms with Gasteiger partial charge in [0.2, 0.25) is 0 Å². The number of para-hydroxylation sites is 2. The fourth-order valence-corrected chi connectivity index (χ4v) is 3.62. The van der Waals surface area contributed by atoms with Crippen molar-refractivity contribution in [1.82, 2.24) is 5.01 Å². The second-order valence-electron chi connectivity index (χ2n) is 5.77. The van der Waals surface area contributed by atoms with Crippen molar-refractivity contribution >= 4 is 58.2 Å². The highest BCUT2D eigenvalue weighted by atomic mass is 32.2. The van der Waals surface area contributed by atoms with Crippen LogP contribution in [0.25, 0.3) is 6.08 Å². The van der Waals surface area contributed by atoms with E-state index in [2.05, 4.69) is 5.10 Å². The predicted molar refractivity (Wildman–Crippen MR) is 115 cm³/mol. The van der Waals surface area contributed by atoms with Gasteiger partial charge in [0.25, 0.3) is 11.6 Å². The minimum Gasteiger partial charge on any atom is -0.481 e. The average Bonchev–Trinajstić information content (AvgIpc) is 2.98. The van der Waals surface area contributed by atoms with Crippen LogP contribution in [0.15, 0.2) is 58.5 Å². The van der Waals surface area contributed by atoms with Crippen molar-refractivity contribution in [3.05, 3.63) is 74.7 Å². The van der Waals surface area contributed by atoms with Gasteiger partial charge in [-0.3, -0.25) is 14.9 Å². The highest BCUT2D eigenvalue weighted by Crippen LogP contribution is 2.34. The number of carbonyl (C=O) groups is 2. The number of nitro groups is 1. The highest BCUT2D eigenvalue weighted by Gasteiger charge is 2.32. The number of carbonyl (C=O) groups excluding carboxylic acids is 1. The largest absolute Gasteiger partial charge is 0.481 e. The first-order valence-corrected chi connectivity index (χ1v) is 9.58. The standard InChI is InChI=1S/C19H13N3O6S2/c23-17(24)11-28-15-8-4-2-6-13(15)10-20-21-18(25)16(30-19(21)29)9-12-5-1-3-7-14(12)22(26)27/h1-10H,11H2,(H,23,24). The summed E-state index contributed by atoms with van der Waals surface area (Å²) in [6, 6.07) is 12.6. The molecule has 0 unspecified atom stereocenters. The number of carboxylic acid groups (broad SMARTS) is 1. The Labute approximate surface area is 179 Å². The third-order valence-corrected chi connectivity index (χ3v) is 5.06. The smallest absolute Gasteiger partial charge is 0.341 e. The van der Waals surface area contributed by atoms with Crippen LogP contribution in [-0.2, 0) is 9.59 Å². The van der Waals surface area contributed by atoms with Crippen LogP contribution in [0, 0.1) is 10.1 Å². The lowest BCUT2D eigenvalue weighted by molar-refractivity contribution is -0.385. The molecular formula is C19H13N3O6S2. The molecule has 0 radical (unpaired) electrons. The predicted octanol–water partition coefficient (Wildman–Crippen LogP) is 3.29. The second kappa shape index (κ2) is 9.29. The highest BCUT2D eigenvalue weighted by molar-refractivity contribution is 8.26. The lowest BCUT2D eigenvalue weighted by atomic mass is 10.1. The van der Waals surface area contributed by atoms with Crippen LogP contribution in [-0.4, -0.2) is 44.1 Å². The molecule has 1 saturated heterocycles. The Bertz CT molecular complexity index is 1100. The van der Waals surface area contributed by atoms with Crippen LogP contribution < -0.4 is 4.74 Å². The lowest BCUT2D eigenvalue weighted by Crippen LogP contribution is -2.22. The summed E-state index contributed by atoms with van der Waals surface area (Å²) in [6.07, 6.45) is 2.73. The zero-order valence-corrected chi connectivity index (χ0v) is 16.8. The molecule has 0 bridgehead atoms. The maximum atomic E-state index is 12.7. The van der Waals surface area contributed by atoms with E-state index in [0.29, 0.717) is 5.56 Å². The van der Waals surface area contributed by atoms with Gasteiger partial charge in [-0.15, -0.1) is 0 Å². The molecule has 1 N–H and O–H groups in total. The Balaban J connectivity index is 1.83. The number of amides is 1. The monoisotopic (exact) mass is 443 g/mol. The molecule has 1 aliphatic heterocycles. The van der Waals surface area contributed by atoms with E-state index in [0.717, 1.165) is 16.8 Å². The van der Waals surface area contributed by atoms with Gasteiger partial charge in [0.15, 0.2) is 10.9 Å². The van der Waals surface area contributed by atoms with E-state index >= 15 is 0 Å². The normalized spacial score (nSPS) is 15.2. The Morgan fingerprint density at radius 1 is 1.23 bits per heavy atom. The molecule has 152 valence electrons. The minimum atomic E-state index is -1.13. The van der Waals surface area contributed by atoms with Gasteiger partial charge in [0, 0.05) is 11.6 Å². The molecule has 30 heavy (non-hydrogen) atoms. The molecule has 0 saturated carbocycles. The van der Waals surface area contributed by atoms with Crippen LogP contribution in [0.3, 0.4) is 0 Å². The van der Waals surface area contributed by atoms with Gasteiger partial charge in [0.05, 0.1) is 21.6 Å². The Hall–Kier alpha value is -3.57. The summed E-state index contributed by atoms with van der Waals surface area (Å²) in [5, 5.41) is 25.0. The SMILES string of the molecule is O=C(O)COc1ccccc1C=NN1C(=O)C(=Cc2ccccc2[N+](=O)[O-])SC1=S. The summed E-state index contributed by atoms with van der Waals surface area (Å²) in [6.45, 7) is -0.523. The van der Waals surface area contributed by atoms with Gasteiger partial charge in [-0.2, -0.15) is 10.1 Å². The zero-order chi connectivity index (χ0) is 21.7. The maximum Gasteiger partial charge on any atom is 0.341 e. The van der Waals surface area contributed by atoms with E-state index in [4.69, 9.17) is 22.1 Å². The molecule has 1 aliphatic rings. The quantitative estimate of drug-likeness (QED) is 0.227. The summed E-state index contributed by atoms with van der Waals surface area (Å²) < 4.78 is 5.35. The molecule has 2 aromatic carbocycles. The first kappa shape index (κ1) is 21.1. The molecule has 9 nitrogen and oxygen atoms in total. The number of hydrogen-bond acceptors (Lipinski definition) is 8. The molecule has 11 heteroatoms. The van der Waals surface area contributed by atoms with Crippen molar-refractivity contribution in [3.8, 4) is 5.75 Å². The fourth-order valence-electron chi connectivity index (χ4n) is 2.45. The number of hydrogen-bond donors (Lipinski definition) is 1. The molecular weight excluding hydrogens is 430 g/mol. The molecule has 0 aromatic heterocycles. The number of thiocarbonyl (C=S) groups is 1. The average molecular weight is 443 g/mol. The number of carboxylic acids is 1. The van der Waals surface area contributed by atoms with Crippen LogP contribution in [0.1, 0.15) is 11.1 Å². The van der Waals surface area contributed by atoms with Crippen molar-refractivity contribution in [2.75, 3.05) is 6.61 Å². The Morgan fingerprint density at radius 3 is 2.60 bits per heavy atom. The van der Waals surface area contributed by atoms with Crippen LogP contribution >= 0.6 is 24.0 Å². The number of rotatable bonds is 7. The molecule has 0 aliphatic carbocycles. The topological polar surface area (TPSA) is 122 Å². The van der Waals surface area contributed by atoms with E-state index in [1.54, 1.807) is 30.3 Å². The third-order valence-electron chi connectivity index (χ3n) is 3.78. The fraction of sp³-hybridized carbons (Fsp3) is 0.0526. The second-order valence-corrected chi connectivity index (χ2v) is 7.45. The van der Waals surface area contributed by atoms with E-state index in [-0.39, 0.29) is 26.2 Å². The Kier molecular flexibility index (Phi) is 6.54. The summed E-state index contributed by atoms with van der Waals surface area (Å²) >= 11 is 6.17. The zero-order valence-electron chi connectivity index (χ0n) is 15.1. The molecule has 1 heterocycles. The van der Waals surface area contributed by atoms with E-state index in [1.165, 1.54) is 30.5 Å². The number of hydrazone groups is 1. The molecule has 1 amide bonds. The van der Waals surface area contributed by atoms with Crippen molar-refractivity contribution in [2.24, 2.45) is 5.10 Å². The number of aliphatic carboxylic acids is 1. The van der Waals surface area contributed by atoms with Gasteiger partial charge in [0.1, 0.15) is 5.75 Å². The van der Waals surface area contributed by atoms with Gasteiger partial charge in [-0.05, 0) is 36.5 Å². The van der Waals surface area contributed by atoms with Crippen LogP contribution in [0.5, 0.6) is 5.75 Å². The van der Waals surface area contributed by atoms with Gasteiger partial charge in [-0.1, -0.05) is 36.0 Å². The number of nitrogens with zero attached hydrogens (tertiary/aromatic N) is 3. The lowest BCUT2D eigenvalue weighted by Gasteiger charge is -2.09. The summed E-state index contributed by atoms with van der Waals surface area (Å²) in [4.78, 5) is 34.2. The van der Waals surface area contributed by atoms with Crippen molar-refractivity contribution < 1.29 is 24.4 Å². The maximum absolute atomic E-state index is 12.7. The number of nitro benzene ring substituents is 1. The molecule has 1 fully saturated rings. The number of benzene rings is 2. The summed E-state index contributed by atoms with van der Waals surface area (Å²) in [7, 11) is 0. The first-order valence-electron chi connectivity index (χ1n) is 8.36. The van der Waals surface area contributed by atoms with Gasteiger partial charge >= 0.3 is 5.97 Å². The van der Waals surface area contributed by atoms with Crippen LogP contribution in [0.2, 0.25) is 0 Å². The number of thioether (sulfide) groups is 1. The summed E-state index contributed by atoms with van der Waals surface area (Å²) in [5.74, 6) is -1.37. The van der Waals surface area contributed by atoms with E-state index in [1.807, 2.05) is 0 Å². The minimum absolute atomic E-state index is 0.129. The first-order chi connectivity index (χ1) is 14.4. The third kappa shape index (κ3) is 4.88. The van der Waals surface area contributed by atoms with Crippen molar-refractivity contribution in [1.29, 1.82) is 0 Å². The van der Waals surface area contributed by atoms with E-state index in [9.17, 15) is 19.7 Å². The van der Waals surface area contributed by atoms with Crippen molar-refractivity contribution in [3.63, 3.8) is 0 Å². The van der Waals surface area contributed by atoms with Crippen molar-refractivity contribution in [2.45, 2.75) is 0 Å². The van der Waals surface area contributed by atoms with E-state index < -0.39 is 23.4 Å². The van der Waals surface area contributed by atoms with Crippen LogP contribution in [0.4, 0.5) is 5.69 Å². The molecule has 0 atom stereocenters.